The van der Waals surface area contributed by atoms with E-state index < -0.39 is 16.5 Å². The molecule has 10 nitrogen and oxygen atoms in total. The van der Waals surface area contributed by atoms with Gasteiger partial charge >= 0.3 is 5.69 Å². The SMILES string of the molecule is CC(C)(C)NNc1ncnc(NNC(=O)c2ccccc2Cl)c1[N+](=O)[O-]. The first kappa shape index (κ1) is 19.3. The zero-order chi connectivity index (χ0) is 19.3. The van der Waals surface area contributed by atoms with Crippen LogP contribution in [0.3, 0.4) is 0 Å². The van der Waals surface area contributed by atoms with Crippen LogP contribution in [0.25, 0.3) is 0 Å². The molecule has 138 valence electrons. The van der Waals surface area contributed by atoms with Gasteiger partial charge in [-0.1, -0.05) is 23.7 Å². The van der Waals surface area contributed by atoms with Gasteiger partial charge in [0.05, 0.1) is 15.5 Å². The number of nitro groups is 1. The molecule has 0 aliphatic heterocycles. The van der Waals surface area contributed by atoms with Crippen molar-refractivity contribution in [2.75, 3.05) is 10.9 Å². The lowest BCUT2D eigenvalue weighted by molar-refractivity contribution is -0.383. The van der Waals surface area contributed by atoms with Gasteiger partial charge in [0.25, 0.3) is 5.91 Å². The molecule has 4 N–H and O–H groups in total. The number of amides is 1. The normalized spacial score (nSPS) is 10.9. The quantitative estimate of drug-likeness (QED) is 0.444. The Bertz CT molecular complexity index is 823. The van der Waals surface area contributed by atoms with Crippen LogP contribution in [-0.4, -0.2) is 26.3 Å². The maximum Gasteiger partial charge on any atom is 0.356 e. The maximum atomic E-state index is 12.2. The Balaban J connectivity index is 2.20. The van der Waals surface area contributed by atoms with Crippen LogP contribution < -0.4 is 21.7 Å². The van der Waals surface area contributed by atoms with Crippen LogP contribution >= 0.6 is 11.6 Å². The molecule has 1 amide bonds. The van der Waals surface area contributed by atoms with Crippen LogP contribution in [0, 0.1) is 10.1 Å². The average Bonchev–Trinajstić information content (AvgIpc) is 2.57. The molecule has 0 radical (unpaired) electrons. The first-order valence-electron chi connectivity index (χ1n) is 7.52. The summed E-state index contributed by atoms with van der Waals surface area (Å²) >= 11 is 5.95. The van der Waals surface area contributed by atoms with Crippen molar-refractivity contribution in [3.63, 3.8) is 0 Å². The maximum absolute atomic E-state index is 12.2. The highest BCUT2D eigenvalue weighted by atomic mass is 35.5. The number of hydrogen-bond donors (Lipinski definition) is 4. The number of benzene rings is 1. The number of anilines is 2. The van der Waals surface area contributed by atoms with E-state index in [9.17, 15) is 14.9 Å². The molecule has 0 aliphatic rings. The molecule has 11 heteroatoms. The number of aromatic nitrogens is 2. The van der Waals surface area contributed by atoms with Crippen LogP contribution in [0.4, 0.5) is 17.3 Å². The van der Waals surface area contributed by atoms with Crippen molar-refractivity contribution in [3.8, 4) is 0 Å². The summed E-state index contributed by atoms with van der Waals surface area (Å²) in [5, 5.41) is 11.7. The highest BCUT2D eigenvalue weighted by Crippen LogP contribution is 2.28. The lowest BCUT2D eigenvalue weighted by atomic mass is 10.1. The van der Waals surface area contributed by atoms with Crippen molar-refractivity contribution < 1.29 is 9.72 Å². The molecule has 0 saturated carbocycles. The zero-order valence-corrected chi connectivity index (χ0v) is 15.1. The van der Waals surface area contributed by atoms with E-state index in [4.69, 9.17) is 11.6 Å². The monoisotopic (exact) mass is 379 g/mol. The summed E-state index contributed by atoms with van der Waals surface area (Å²) in [6.45, 7) is 5.61. The summed E-state index contributed by atoms with van der Waals surface area (Å²) in [5.41, 5.74) is 9.77. The van der Waals surface area contributed by atoms with Gasteiger partial charge in [0, 0.05) is 5.54 Å². The molecule has 0 aliphatic carbocycles. The van der Waals surface area contributed by atoms with Crippen molar-refractivity contribution in [1.82, 2.24) is 20.8 Å². The van der Waals surface area contributed by atoms with E-state index in [0.717, 1.165) is 6.33 Å². The van der Waals surface area contributed by atoms with Gasteiger partial charge in [0.15, 0.2) is 0 Å². The number of nitrogens with one attached hydrogen (secondary N) is 4. The minimum Gasteiger partial charge on any atom is -0.299 e. The molecule has 1 aromatic carbocycles. The fourth-order valence-corrected chi connectivity index (χ4v) is 2.03. The second-order valence-electron chi connectivity index (χ2n) is 6.24. The van der Waals surface area contributed by atoms with Gasteiger partial charge in [-0.15, -0.1) is 0 Å². The number of carbonyl (C=O) groups is 1. The minimum absolute atomic E-state index is 0.0468. The van der Waals surface area contributed by atoms with Gasteiger partial charge in [0.1, 0.15) is 6.33 Å². The fraction of sp³-hybridized carbons (Fsp3) is 0.267. The smallest absolute Gasteiger partial charge is 0.299 e. The summed E-state index contributed by atoms with van der Waals surface area (Å²) in [4.78, 5) is 30.6. The largest absolute Gasteiger partial charge is 0.356 e. The predicted molar refractivity (Wildman–Crippen MR) is 97.7 cm³/mol. The van der Waals surface area contributed by atoms with E-state index in [1.54, 1.807) is 18.2 Å². The third-order valence-electron chi connectivity index (χ3n) is 2.97. The van der Waals surface area contributed by atoms with E-state index >= 15 is 0 Å². The third kappa shape index (κ3) is 5.01. The summed E-state index contributed by atoms with van der Waals surface area (Å²) in [5.74, 6) is -0.788. The van der Waals surface area contributed by atoms with Gasteiger partial charge in [-0.2, -0.15) is 0 Å². The molecule has 0 saturated heterocycles. The van der Waals surface area contributed by atoms with Crippen LogP contribution in [0.1, 0.15) is 31.1 Å². The molecule has 26 heavy (non-hydrogen) atoms. The van der Waals surface area contributed by atoms with Gasteiger partial charge in [-0.05, 0) is 32.9 Å². The van der Waals surface area contributed by atoms with Crippen molar-refractivity contribution in [2.45, 2.75) is 26.3 Å². The first-order chi connectivity index (χ1) is 12.2. The van der Waals surface area contributed by atoms with Crippen molar-refractivity contribution in [2.24, 2.45) is 0 Å². The van der Waals surface area contributed by atoms with Crippen LogP contribution in [0.15, 0.2) is 30.6 Å². The van der Waals surface area contributed by atoms with E-state index in [0.29, 0.717) is 0 Å². The summed E-state index contributed by atoms with van der Waals surface area (Å²) in [6, 6.07) is 6.41. The lowest BCUT2D eigenvalue weighted by Crippen LogP contribution is -2.40. The molecule has 0 fully saturated rings. The van der Waals surface area contributed by atoms with Gasteiger partial charge in [-0.3, -0.25) is 31.2 Å². The highest BCUT2D eigenvalue weighted by Gasteiger charge is 2.24. The standard InChI is InChI=1S/C15H18ClN7O3/c1-15(2,3)22-20-13-11(23(25)26)12(17-8-18-13)19-21-14(24)9-6-4-5-7-10(9)16/h4-8,22H,1-3H3,(H,21,24)(H2,17,18,19,20). The molecule has 0 atom stereocenters. The Morgan fingerprint density at radius 3 is 2.35 bits per heavy atom. The third-order valence-corrected chi connectivity index (χ3v) is 3.30. The number of halogens is 1. The zero-order valence-electron chi connectivity index (χ0n) is 14.3. The topological polar surface area (TPSA) is 134 Å². The minimum atomic E-state index is -0.656. The Morgan fingerprint density at radius 1 is 1.15 bits per heavy atom. The molecule has 0 bridgehead atoms. The number of carbonyl (C=O) groups excluding carboxylic acids is 1. The Kier molecular flexibility index (Phi) is 5.90. The predicted octanol–water partition coefficient (Wildman–Crippen LogP) is 2.51. The van der Waals surface area contributed by atoms with Gasteiger partial charge in [0.2, 0.25) is 11.6 Å². The van der Waals surface area contributed by atoms with Crippen molar-refractivity contribution in [1.29, 1.82) is 0 Å². The molecule has 0 unspecified atom stereocenters. The Hall–Kier alpha value is -2.98. The molecule has 2 rings (SSSR count). The molecule has 2 aromatic rings. The number of rotatable bonds is 6. The van der Waals surface area contributed by atoms with Gasteiger partial charge in [-0.25, -0.2) is 15.4 Å². The van der Waals surface area contributed by atoms with Crippen LogP contribution in [0.2, 0.25) is 5.02 Å². The van der Waals surface area contributed by atoms with Crippen molar-refractivity contribution in [3.05, 3.63) is 51.3 Å². The summed E-state index contributed by atoms with van der Waals surface area (Å²) in [6.07, 6.45) is 1.13. The van der Waals surface area contributed by atoms with E-state index in [2.05, 4.69) is 31.7 Å². The molecular weight excluding hydrogens is 362 g/mol. The second-order valence-corrected chi connectivity index (χ2v) is 6.64. The Labute approximate surface area is 154 Å². The molecular formula is C15H18ClN7O3. The van der Waals surface area contributed by atoms with Gasteiger partial charge < -0.3 is 0 Å². The van der Waals surface area contributed by atoms with E-state index in [-0.39, 0.29) is 27.8 Å². The van der Waals surface area contributed by atoms with E-state index in [1.807, 2.05) is 20.8 Å². The average molecular weight is 380 g/mol. The molecule has 1 aromatic heterocycles. The second kappa shape index (κ2) is 7.93. The highest BCUT2D eigenvalue weighted by molar-refractivity contribution is 6.33. The van der Waals surface area contributed by atoms with Crippen LogP contribution in [0.5, 0.6) is 0 Å². The first-order valence-corrected chi connectivity index (χ1v) is 7.90. The fourth-order valence-electron chi connectivity index (χ4n) is 1.81. The lowest BCUT2D eigenvalue weighted by Gasteiger charge is -2.21. The van der Waals surface area contributed by atoms with Crippen molar-refractivity contribution >= 4 is 34.8 Å². The van der Waals surface area contributed by atoms with Crippen LogP contribution in [-0.2, 0) is 0 Å². The number of hydrazine groups is 2. The Morgan fingerprint density at radius 2 is 1.77 bits per heavy atom. The summed E-state index contributed by atoms with van der Waals surface area (Å²) in [7, 11) is 0. The number of nitrogens with zero attached hydrogens (tertiary/aromatic N) is 3. The molecule has 0 spiro atoms. The molecule has 1 heterocycles. The van der Waals surface area contributed by atoms with E-state index in [1.165, 1.54) is 6.07 Å². The number of hydrogen-bond acceptors (Lipinski definition) is 8. The summed E-state index contributed by atoms with van der Waals surface area (Å²) < 4.78 is 0.